The molecule has 3 rings (SSSR count). The summed E-state index contributed by atoms with van der Waals surface area (Å²) in [6.07, 6.45) is 0. The first-order valence-corrected chi connectivity index (χ1v) is 10.4. The van der Waals surface area contributed by atoms with Gasteiger partial charge in [0.15, 0.2) is 0 Å². The number of anilines is 2. The van der Waals surface area contributed by atoms with E-state index in [0.717, 1.165) is 42.4 Å². The highest BCUT2D eigenvalue weighted by atomic mass is 16.1. The summed E-state index contributed by atoms with van der Waals surface area (Å²) >= 11 is 0. The van der Waals surface area contributed by atoms with Crippen LogP contribution in [-0.4, -0.2) is 47.0 Å². The molecule has 6 nitrogen and oxygen atoms in total. The van der Waals surface area contributed by atoms with E-state index in [1.807, 2.05) is 67.6 Å². The van der Waals surface area contributed by atoms with Gasteiger partial charge in [0.1, 0.15) is 11.6 Å². The Hall–Kier alpha value is -3.25. The monoisotopic (exact) mass is 403 g/mol. The Bertz CT molecular complexity index is 953. The highest BCUT2D eigenvalue weighted by molar-refractivity contribution is 5.94. The summed E-state index contributed by atoms with van der Waals surface area (Å²) in [5.74, 6) is 1.36. The van der Waals surface area contributed by atoms with E-state index in [0.29, 0.717) is 17.9 Å². The van der Waals surface area contributed by atoms with Gasteiger partial charge in [-0.15, -0.1) is 0 Å². The molecule has 0 aliphatic rings. The van der Waals surface area contributed by atoms with Crippen LogP contribution >= 0.6 is 0 Å². The molecule has 0 radical (unpaired) electrons. The predicted molar refractivity (Wildman–Crippen MR) is 122 cm³/mol. The molecular formula is C24H29N5O. The minimum absolute atomic E-state index is 0.0575. The molecule has 1 heterocycles. The lowest BCUT2D eigenvalue weighted by molar-refractivity contribution is 0.0949. The quantitative estimate of drug-likeness (QED) is 0.558. The number of carbonyl (C=O) groups is 1. The molecule has 2 N–H and O–H groups in total. The minimum Gasteiger partial charge on any atom is -0.351 e. The molecule has 0 atom stereocenters. The number of likely N-dealkylation sites (N-methyl/N-ethyl adjacent to an activating group) is 1. The number of carbonyl (C=O) groups excluding carboxylic acids is 1. The van der Waals surface area contributed by atoms with Gasteiger partial charge in [0.05, 0.1) is 5.69 Å². The molecule has 0 saturated heterocycles. The summed E-state index contributed by atoms with van der Waals surface area (Å²) in [5, 5.41) is 6.28. The molecule has 2 aromatic carbocycles. The molecule has 0 saturated carbocycles. The van der Waals surface area contributed by atoms with Crippen LogP contribution in [0.1, 0.15) is 30.0 Å². The molecule has 1 aromatic heterocycles. The Morgan fingerprint density at radius 2 is 1.67 bits per heavy atom. The van der Waals surface area contributed by atoms with Crippen molar-refractivity contribution in [3.05, 3.63) is 72.1 Å². The maximum atomic E-state index is 12.3. The fraction of sp³-hybridized carbons (Fsp3) is 0.292. The lowest BCUT2D eigenvalue weighted by Gasteiger charge is -2.18. The number of hydrogen-bond acceptors (Lipinski definition) is 5. The van der Waals surface area contributed by atoms with Crippen LogP contribution in [0.15, 0.2) is 60.7 Å². The van der Waals surface area contributed by atoms with Gasteiger partial charge in [0.2, 0.25) is 0 Å². The maximum absolute atomic E-state index is 12.3. The molecule has 30 heavy (non-hydrogen) atoms. The molecule has 0 spiro atoms. The van der Waals surface area contributed by atoms with Crippen LogP contribution in [-0.2, 0) is 0 Å². The standard InChI is InChI=1S/C24H29N5O/c1-4-29(5-2)16-15-25-24(30)20-11-13-21(14-12-20)28-23-17-22(26-18(3)27-23)19-9-7-6-8-10-19/h6-14,17H,4-5,15-16H2,1-3H3,(H,25,30)(H,26,27,28). The first-order chi connectivity index (χ1) is 14.6. The number of nitrogens with one attached hydrogen (secondary N) is 2. The van der Waals surface area contributed by atoms with Crippen LogP contribution in [0, 0.1) is 6.92 Å². The first-order valence-electron chi connectivity index (χ1n) is 10.4. The van der Waals surface area contributed by atoms with Crippen molar-refractivity contribution in [2.24, 2.45) is 0 Å². The number of nitrogens with zero attached hydrogens (tertiary/aromatic N) is 3. The van der Waals surface area contributed by atoms with E-state index in [1.165, 1.54) is 0 Å². The third-order valence-electron chi connectivity index (χ3n) is 4.94. The van der Waals surface area contributed by atoms with Gasteiger partial charge in [-0.25, -0.2) is 9.97 Å². The Labute approximate surface area is 178 Å². The van der Waals surface area contributed by atoms with Crippen LogP contribution in [0.3, 0.4) is 0 Å². The van der Waals surface area contributed by atoms with Gasteiger partial charge in [0.25, 0.3) is 5.91 Å². The fourth-order valence-corrected chi connectivity index (χ4v) is 3.21. The Kier molecular flexibility index (Phi) is 7.51. The van der Waals surface area contributed by atoms with Crippen LogP contribution in [0.4, 0.5) is 11.5 Å². The second kappa shape index (κ2) is 10.5. The van der Waals surface area contributed by atoms with Crippen molar-refractivity contribution in [1.82, 2.24) is 20.2 Å². The highest BCUT2D eigenvalue weighted by Crippen LogP contribution is 2.22. The summed E-state index contributed by atoms with van der Waals surface area (Å²) in [7, 11) is 0. The summed E-state index contributed by atoms with van der Waals surface area (Å²) in [6.45, 7) is 9.60. The van der Waals surface area contributed by atoms with Crippen molar-refractivity contribution >= 4 is 17.4 Å². The van der Waals surface area contributed by atoms with Crippen LogP contribution in [0.25, 0.3) is 11.3 Å². The molecule has 0 unspecified atom stereocenters. The third kappa shape index (κ3) is 5.87. The third-order valence-corrected chi connectivity index (χ3v) is 4.94. The van der Waals surface area contributed by atoms with Crippen molar-refractivity contribution < 1.29 is 4.79 Å². The van der Waals surface area contributed by atoms with E-state index in [-0.39, 0.29) is 5.91 Å². The van der Waals surface area contributed by atoms with E-state index < -0.39 is 0 Å². The van der Waals surface area contributed by atoms with E-state index in [2.05, 4.69) is 39.3 Å². The van der Waals surface area contributed by atoms with E-state index in [4.69, 9.17) is 0 Å². The summed E-state index contributed by atoms with van der Waals surface area (Å²) in [5.41, 5.74) is 3.42. The Balaban J connectivity index is 1.63. The topological polar surface area (TPSA) is 70.2 Å². The zero-order chi connectivity index (χ0) is 21.3. The lowest BCUT2D eigenvalue weighted by atomic mass is 10.1. The van der Waals surface area contributed by atoms with Gasteiger partial charge in [-0.1, -0.05) is 44.2 Å². The normalized spacial score (nSPS) is 10.8. The van der Waals surface area contributed by atoms with Crippen molar-refractivity contribution in [2.45, 2.75) is 20.8 Å². The van der Waals surface area contributed by atoms with Gasteiger partial charge in [-0.2, -0.15) is 0 Å². The SMILES string of the molecule is CCN(CC)CCNC(=O)c1ccc(Nc2cc(-c3ccccc3)nc(C)n2)cc1. The molecule has 156 valence electrons. The molecule has 0 bridgehead atoms. The average Bonchev–Trinajstić information content (AvgIpc) is 2.77. The number of aromatic nitrogens is 2. The van der Waals surface area contributed by atoms with Gasteiger partial charge >= 0.3 is 0 Å². The molecule has 0 aliphatic heterocycles. The predicted octanol–water partition coefficient (Wildman–Crippen LogP) is 4.27. The average molecular weight is 404 g/mol. The fourth-order valence-electron chi connectivity index (χ4n) is 3.21. The van der Waals surface area contributed by atoms with Crippen molar-refractivity contribution in [1.29, 1.82) is 0 Å². The number of aryl methyl sites for hydroxylation is 1. The molecule has 3 aromatic rings. The molecule has 6 heteroatoms. The van der Waals surface area contributed by atoms with Gasteiger partial charge < -0.3 is 15.5 Å². The van der Waals surface area contributed by atoms with Crippen molar-refractivity contribution in [3.63, 3.8) is 0 Å². The number of rotatable bonds is 9. The number of hydrogen-bond donors (Lipinski definition) is 2. The van der Waals surface area contributed by atoms with Gasteiger partial charge in [-0.3, -0.25) is 4.79 Å². The molecule has 0 aliphatic carbocycles. The molecular weight excluding hydrogens is 374 g/mol. The number of benzene rings is 2. The smallest absolute Gasteiger partial charge is 0.251 e. The first kappa shape index (κ1) is 21.5. The van der Waals surface area contributed by atoms with Gasteiger partial charge in [-0.05, 0) is 44.3 Å². The molecule has 0 fully saturated rings. The van der Waals surface area contributed by atoms with Gasteiger partial charge in [0, 0.05) is 36.0 Å². The second-order valence-electron chi connectivity index (χ2n) is 7.04. The van der Waals surface area contributed by atoms with Crippen LogP contribution in [0.2, 0.25) is 0 Å². The minimum atomic E-state index is -0.0575. The lowest BCUT2D eigenvalue weighted by Crippen LogP contribution is -2.34. The highest BCUT2D eigenvalue weighted by Gasteiger charge is 2.08. The summed E-state index contributed by atoms with van der Waals surface area (Å²) in [6, 6.07) is 19.4. The maximum Gasteiger partial charge on any atom is 0.251 e. The van der Waals surface area contributed by atoms with Crippen molar-refractivity contribution in [2.75, 3.05) is 31.5 Å². The Morgan fingerprint density at radius 3 is 2.33 bits per heavy atom. The second-order valence-corrected chi connectivity index (χ2v) is 7.04. The van der Waals surface area contributed by atoms with E-state index in [1.54, 1.807) is 0 Å². The van der Waals surface area contributed by atoms with Crippen LogP contribution in [0.5, 0.6) is 0 Å². The largest absolute Gasteiger partial charge is 0.351 e. The summed E-state index contributed by atoms with van der Waals surface area (Å²) in [4.78, 5) is 23.6. The number of amides is 1. The van der Waals surface area contributed by atoms with E-state index >= 15 is 0 Å². The van der Waals surface area contributed by atoms with Crippen molar-refractivity contribution in [3.8, 4) is 11.3 Å². The Morgan fingerprint density at radius 1 is 0.967 bits per heavy atom. The molecule has 1 amide bonds. The van der Waals surface area contributed by atoms with E-state index in [9.17, 15) is 4.79 Å². The van der Waals surface area contributed by atoms with Crippen LogP contribution < -0.4 is 10.6 Å². The zero-order valence-electron chi connectivity index (χ0n) is 17.9. The zero-order valence-corrected chi connectivity index (χ0v) is 17.9. The summed E-state index contributed by atoms with van der Waals surface area (Å²) < 4.78 is 0.